The van der Waals surface area contributed by atoms with Crippen molar-refractivity contribution < 1.29 is 19.5 Å². The number of nitrogens with two attached hydrogens (primary N) is 1. The lowest BCUT2D eigenvalue weighted by Gasteiger charge is -2.38. The second kappa shape index (κ2) is 9.39. The van der Waals surface area contributed by atoms with Gasteiger partial charge in [-0.2, -0.15) is 0 Å². The molecule has 7 heteroatoms. The topological polar surface area (TPSA) is 113 Å². The van der Waals surface area contributed by atoms with Gasteiger partial charge in [0.05, 0.1) is 12.5 Å². The Morgan fingerprint density at radius 1 is 1.17 bits per heavy atom. The molecule has 0 unspecified atom stereocenters. The van der Waals surface area contributed by atoms with Crippen molar-refractivity contribution in [2.45, 2.75) is 63.5 Å². The Labute approximate surface area is 171 Å². The minimum atomic E-state index is -0.902. The molecule has 0 spiro atoms. The zero-order valence-corrected chi connectivity index (χ0v) is 17.0. The van der Waals surface area contributed by atoms with Crippen LogP contribution < -0.4 is 11.1 Å². The third-order valence-electron chi connectivity index (χ3n) is 6.46. The van der Waals surface area contributed by atoms with Gasteiger partial charge in [0.2, 0.25) is 11.8 Å². The molecule has 0 bridgehead atoms. The van der Waals surface area contributed by atoms with Gasteiger partial charge in [-0.15, -0.1) is 0 Å². The number of anilines is 1. The first-order valence-corrected chi connectivity index (χ1v) is 10.5. The first kappa shape index (κ1) is 21.3. The van der Waals surface area contributed by atoms with Gasteiger partial charge in [-0.25, -0.2) is 0 Å². The van der Waals surface area contributed by atoms with Crippen LogP contribution in [0.3, 0.4) is 0 Å². The lowest BCUT2D eigenvalue weighted by Crippen LogP contribution is -2.52. The van der Waals surface area contributed by atoms with Crippen LogP contribution in [0, 0.1) is 11.8 Å². The second-order valence-electron chi connectivity index (χ2n) is 8.43. The van der Waals surface area contributed by atoms with Crippen molar-refractivity contribution in [3.8, 4) is 0 Å². The van der Waals surface area contributed by atoms with E-state index in [0.29, 0.717) is 30.1 Å². The van der Waals surface area contributed by atoms with Gasteiger partial charge < -0.3 is 21.1 Å². The van der Waals surface area contributed by atoms with Crippen molar-refractivity contribution >= 4 is 23.5 Å². The number of amides is 2. The number of benzene rings is 1. The number of nitrogens with zero attached hydrogens (tertiary/aromatic N) is 1. The SMILES string of the molecule is CN(C(=O)[C@@H](N)C1CCC(C(=O)Nc2cccc(CC(=O)O)c2)CC1)C1CCC1. The molecule has 3 rings (SSSR count). The number of rotatable bonds is 7. The normalized spacial score (nSPS) is 23.0. The molecule has 1 aromatic rings. The van der Waals surface area contributed by atoms with E-state index in [1.54, 1.807) is 24.3 Å². The summed E-state index contributed by atoms with van der Waals surface area (Å²) in [5.41, 5.74) is 7.54. The molecule has 0 radical (unpaired) electrons. The number of carboxylic acid groups (broad SMARTS) is 1. The molecule has 2 saturated carbocycles. The maximum Gasteiger partial charge on any atom is 0.307 e. The summed E-state index contributed by atoms with van der Waals surface area (Å²) in [6.07, 6.45) is 6.18. The Hall–Kier alpha value is -2.41. The predicted molar refractivity (Wildman–Crippen MR) is 110 cm³/mol. The molecule has 0 heterocycles. The first-order chi connectivity index (χ1) is 13.8. The van der Waals surface area contributed by atoms with Crippen LogP contribution in [-0.4, -0.2) is 46.9 Å². The minimum Gasteiger partial charge on any atom is -0.481 e. The molecular weight excluding hydrogens is 370 g/mol. The number of carbonyl (C=O) groups excluding carboxylic acids is 2. The number of carboxylic acids is 1. The van der Waals surface area contributed by atoms with Gasteiger partial charge in [-0.05, 0) is 68.6 Å². The highest BCUT2D eigenvalue weighted by Crippen LogP contribution is 2.32. The van der Waals surface area contributed by atoms with Crippen LogP contribution in [0.4, 0.5) is 5.69 Å². The number of aliphatic carboxylic acids is 1. The summed E-state index contributed by atoms with van der Waals surface area (Å²) in [7, 11) is 1.85. The summed E-state index contributed by atoms with van der Waals surface area (Å²) < 4.78 is 0. The fourth-order valence-electron chi connectivity index (χ4n) is 4.31. The Balaban J connectivity index is 1.49. The van der Waals surface area contributed by atoms with Gasteiger partial charge in [-0.3, -0.25) is 14.4 Å². The van der Waals surface area contributed by atoms with Crippen molar-refractivity contribution in [3.05, 3.63) is 29.8 Å². The predicted octanol–water partition coefficient (Wildman–Crippen LogP) is 2.40. The van der Waals surface area contributed by atoms with E-state index >= 15 is 0 Å². The number of hydrogen-bond acceptors (Lipinski definition) is 4. The van der Waals surface area contributed by atoms with Gasteiger partial charge in [0, 0.05) is 24.7 Å². The van der Waals surface area contributed by atoms with Crippen molar-refractivity contribution in [3.63, 3.8) is 0 Å². The zero-order chi connectivity index (χ0) is 21.0. The van der Waals surface area contributed by atoms with Crippen LogP contribution in [-0.2, 0) is 20.8 Å². The number of hydrogen-bond donors (Lipinski definition) is 3. The molecule has 7 nitrogen and oxygen atoms in total. The van der Waals surface area contributed by atoms with Crippen LogP contribution in [0.25, 0.3) is 0 Å². The quantitative estimate of drug-likeness (QED) is 0.649. The number of nitrogens with one attached hydrogen (secondary N) is 1. The molecule has 2 aliphatic rings. The molecule has 1 aromatic carbocycles. The summed E-state index contributed by atoms with van der Waals surface area (Å²) in [6, 6.07) is 6.79. The largest absolute Gasteiger partial charge is 0.481 e. The maximum atomic E-state index is 12.6. The number of carbonyl (C=O) groups is 3. The van der Waals surface area contributed by atoms with E-state index in [-0.39, 0.29) is 30.1 Å². The van der Waals surface area contributed by atoms with Crippen LogP contribution >= 0.6 is 0 Å². The summed E-state index contributed by atoms with van der Waals surface area (Å²) >= 11 is 0. The molecule has 2 amide bonds. The Morgan fingerprint density at radius 3 is 2.45 bits per heavy atom. The Morgan fingerprint density at radius 2 is 1.86 bits per heavy atom. The van der Waals surface area contributed by atoms with E-state index in [9.17, 15) is 14.4 Å². The third-order valence-corrected chi connectivity index (χ3v) is 6.46. The monoisotopic (exact) mass is 401 g/mol. The van der Waals surface area contributed by atoms with Gasteiger partial charge in [-0.1, -0.05) is 12.1 Å². The molecule has 0 saturated heterocycles. The van der Waals surface area contributed by atoms with E-state index in [0.717, 1.165) is 25.7 Å². The fraction of sp³-hybridized carbons (Fsp3) is 0.591. The van der Waals surface area contributed by atoms with Gasteiger partial charge >= 0.3 is 5.97 Å². The van der Waals surface area contributed by atoms with E-state index < -0.39 is 12.0 Å². The van der Waals surface area contributed by atoms with E-state index in [4.69, 9.17) is 10.8 Å². The Bertz CT molecular complexity index is 754. The zero-order valence-electron chi connectivity index (χ0n) is 17.0. The highest BCUT2D eigenvalue weighted by Gasteiger charge is 2.35. The molecule has 29 heavy (non-hydrogen) atoms. The lowest BCUT2D eigenvalue weighted by atomic mass is 9.77. The summed E-state index contributed by atoms with van der Waals surface area (Å²) in [5.74, 6) is -0.921. The summed E-state index contributed by atoms with van der Waals surface area (Å²) in [5, 5.41) is 11.8. The van der Waals surface area contributed by atoms with Crippen molar-refractivity contribution in [2.75, 3.05) is 12.4 Å². The van der Waals surface area contributed by atoms with Crippen molar-refractivity contribution in [1.29, 1.82) is 0 Å². The van der Waals surface area contributed by atoms with Crippen LogP contribution in [0.2, 0.25) is 0 Å². The summed E-state index contributed by atoms with van der Waals surface area (Å²) in [6.45, 7) is 0. The number of likely N-dealkylation sites (N-methyl/N-ethyl adjacent to an activating group) is 1. The molecule has 0 aromatic heterocycles. The molecule has 4 N–H and O–H groups in total. The van der Waals surface area contributed by atoms with E-state index in [1.807, 2.05) is 11.9 Å². The van der Waals surface area contributed by atoms with Crippen LogP contribution in [0.1, 0.15) is 50.5 Å². The van der Waals surface area contributed by atoms with Crippen LogP contribution in [0.15, 0.2) is 24.3 Å². The maximum absolute atomic E-state index is 12.6. The fourth-order valence-corrected chi connectivity index (χ4v) is 4.31. The molecular formula is C22H31N3O4. The van der Waals surface area contributed by atoms with Crippen LogP contribution in [0.5, 0.6) is 0 Å². The van der Waals surface area contributed by atoms with E-state index in [1.165, 1.54) is 6.42 Å². The Kier molecular flexibility index (Phi) is 6.90. The average molecular weight is 402 g/mol. The second-order valence-corrected chi connectivity index (χ2v) is 8.43. The molecule has 0 aliphatic heterocycles. The van der Waals surface area contributed by atoms with Crippen molar-refractivity contribution in [1.82, 2.24) is 4.90 Å². The van der Waals surface area contributed by atoms with E-state index in [2.05, 4.69) is 5.32 Å². The highest BCUT2D eigenvalue weighted by atomic mass is 16.4. The first-order valence-electron chi connectivity index (χ1n) is 10.5. The lowest BCUT2D eigenvalue weighted by molar-refractivity contribution is -0.137. The average Bonchev–Trinajstić information content (AvgIpc) is 2.65. The smallest absolute Gasteiger partial charge is 0.307 e. The minimum absolute atomic E-state index is 0.0258. The summed E-state index contributed by atoms with van der Waals surface area (Å²) in [4.78, 5) is 37.9. The molecule has 1 atom stereocenters. The standard InChI is InChI=1S/C22H31N3O4/c1-25(18-6-3-7-18)22(29)20(23)15-8-10-16(11-9-15)21(28)24-17-5-2-4-14(12-17)13-19(26)27/h2,4-5,12,15-16,18,20H,3,6-11,13,23H2,1H3,(H,24,28)(H,26,27)/t15?,16?,20-/m0/s1. The highest BCUT2D eigenvalue weighted by molar-refractivity contribution is 5.92. The van der Waals surface area contributed by atoms with Crippen molar-refractivity contribution in [2.24, 2.45) is 17.6 Å². The van der Waals surface area contributed by atoms with Gasteiger partial charge in [0.1, 0.15) is 0 Å². The molecule has 158 valence electrons. The third kappa shape index (κ3) is 5.35. The van der Waals surface area contributed by atoms with Gasteiger partial charge in [0.15, 0.2) is 0 Å². The molecule has 2 fully saturated rings. The molecule has 2 aliphatic carbocycles. The van der Waals surface area contributed by atoms with Gasteiger partial charge in [0.25, 0.3) is 0 Å².